The summed E-state index contributed by atoms with van der Waals surface area (Å²) in [6.45, 7) is 10.9. The van der Waals surface area contributed by atoms with E-state index in [1.807, 2.05) is 11.0 Å². The fourth-order valence-corrected chi connectivity index (χ4v) is 2.17. The molecular formula is C13H22N4O. The summed E-state index contributed by atoms with van der Waals surface area (Å²) >= 11 is 0. The van der Waals surface area contributed by atoms with Crippen molar-refractivity contribution in [1.82, 2.24) is 20.0 Å². The standard InChI is InChI=1S/C13H22N4O/c1-4-16-5-7-17(8-6-16)13(18)12-9-11(10(2)3)14-15-12/h9-10H,4-8H2,1-3H3,(H,14,15). The van der Waals surface area contributed by atoms with Crippen LogP contribution in [0.1, 0.15) is 42.9 Å². The number of carbonyl (C=O) groups is 1. The van der Waals surface area contributed by atoms with Gasteiger partial charge in [0.1, 0.15) is 5.69 Å². The third-order valence-electron chi connectivity index (χ3n) is 3.55. The second-order valence-electron chi connectivity index (χ2n) is 5.09. The lowest BCUT2D eigenvalue weighted by Crippen LogP contribution is -2.48. The van der Waals surface area contributed by atoms with Crippen LogP contribution in [-0.2, 0) is 0 Å². The van der Waals surface area contributed by atoms with Crippen LogP contribution in [0.4, 0.5) is 0 Å². The van der Waals surface area contributed by atoms with Crippen molar-refractivity contribution < 1.29 is 4.79 Å². The van der Waals surface area contributed by atoms with E-state index < -0.39 is 0 Å². The summed E-state index contributed by atoms with van der Waals surface area (Å²) in [7, 11) is 0. The number of rotatable bonds is 3. The number of nitrogens with one attached hydrogen (secondary N) is 1. The first kappa shape index (κ1) is 13.1. The van der Waals surface area contributed by atoms with Crippen LogP contribution >= 0.6 is 0 Å². The minimum Gasteiger partial charge on any atom is -0.335 e. The van der Waals surface area contributed by atoms with Gasteiger partial charge in [0.05, 0.1) is 0 Å². The molecule has 5 heteroatoms. The number of piperazine rings is 1. The molecule has 2 heterocycles. The maximum absolute atomic E-state index is 12.3. The van der Waals surface area contributed by atoms with Gasteiger partial charge in [-0.15, -0.1) is 0 Å². The molecule has 1 aromatic heterocycles. The fraction of sp³-hybridized carbons (Fsp3) is 0.692. The van der Waals surface area contributed by atoms with Crippen LogP contribution in [0.15, 0.2) is 6.07 Å². The Labute approximate surface area is 108 Å². The summed E-state index contributed by atoms with van der Waals surface area (Å²) in [4.78, 5) is 16.5. The van der Waals surface area contributed by atoms with Crippen LogP contribution in [0.25, 0.3) is 0 Å². The van der Waals surface area contributed by atoms with Crippen molar-refractivity contribution in [2.75, 3.05) is 32.7 Å². The lowest BCUT2D eigenvalue weighted by atomic mass is 10.1. The van der Waals surface area contributed by atoms with Gasteiger partial charge in [-0.25, -0.2) is 0 Å². The molecule has 1 saturated heterocycles. The smallest absolute Gasteiger partial charge is 0.274 e. The summed E-state index contributed by atoms with van der Waals surface area (Å²) in [5.74, 6) is 0.421. The van der Waals surface area contributed by atoms with Crippen molar-refractivity contribution in [2.24, 2.45) is 0 Å². The lowest BCUT2D eigenvalue weighted by molar-refractivity contribution is 0.0637. The first-order valence-electron chi connectivity index (χ1n) is 6.68. The number of H-pyrrole nitrogens is 1. The number of likely N-dealkylation sites (N-methyl/N-ethyl adjacent to an activating group) is 1. The number of hydrogen-bond acceptors (Lipinski definition) is 3. The molecule has 2 rings (SSSR count). The highest BCUT2D eigenvalue weighted by Crippen LogP contribution is 2.14. The molecular weight excluding hydrogens is 228 g/mol. The Morgan fingerprint density at radius 2 is 2.06 bits per heavy atom. The van der Waals surface area contributed by atoms with Gasteiger partial charge in [0.25, 0.3) is 5.91 Å². The number of hydrogen-bond donors (Lipinski definition) is 1. The van der Waals surface area contributed by atoms with Crippen molar-refractivity contribution >= 4 is 5.91 Å². The van der Waals surface area contributed by atoms with Crippen LogP contribution in [-0.4, -0.2) is 58.6 Å². The maximum atomic E-state index is 12.3. The fourth-order valence-electron chi connectivity index (χ4n) is 2.17. The van der Waals surface area contributed by atoms with Crippen molar-refractivity contribution in [2.45, 2.75) is 26.7 Å². The van der Waals surface area contributed by atoms with Crippen molar-refractivity contribution in [3.05, 3.63) is 17.5 Å². The Morgan fingerprint density at radius 1 is 1.39 bits per heavy atom. The Balaban J connectivity index is 1.98. The number of nitrogens with zero attached hydrogens (tertiary/aromatic N) is 3. The zero-order chi connectivity index (χ0) is 13.1. The molecule has 1 amide bonds. The first-order valence-corrected chi connectivity index (χ1v) is 6.68. The number of aromatic nitrogens is 2. The van der Waals surface area contributed by atoms with E-state index in [-0.39, 0.29) is 5.91 Å². The predicted octanol–water partition coefficient (Wildman–Crippen LogP) is 1.31. The third-order valence-corrected chi connectivity index (χ3v) is 3.55. The molecule has 0 atom stereocenters. The van der Waals surface area contributed by atoms with E-state index in [9.17, 15) is 4.79 Å². The number of amides is 1. The maximum Gasteiger partial charge on any atom is 0.274 e. The highest BCUT2D eigenvalue weighted by atomic mass is 16.2. The molecule has 0 aliphatic carbocycles. The molecule has 5 nitrogen and oxygen atoms in total. The minimum absolute atomic E-state index is 0.0499. The third kappa shape index (κ3) is 2.72. The minimum atomic E-state index is 0.0499. The van der Waals surface area contributed by atoms with Gasteiger partial charge < -0.3 is 9.80 Å². The number of aromatic amines is 1. The van der Waals surface area contributed by atoms with Gasteiger partial charge >= 0.3 is 0 Å². The van der Waals surface area contributed by atoms with Crippen LogP contribution in [0.2, 0.25) is 0 Å². The molecule has 0 saturated carbocycles. The van der Waals surface area contributed by atoms with E-state index in [0.717, 1.165) is 38.4 Å². The van der Waals surface area contributed by atoms with Gasteiger partial charge in [-0.1, -0.05) is 20.8 Å². The quantitative estimate of drug-likeness (QED) is 0.880. The Hall–Kier alpha value is -1.36. The van der Waals surface area contributed by atoms with Gasteiger partial charge in [0.15, 0.2) is 0 Å². The summed E-state index contributed by atoms with van der Waals surface area (Å²) in [6, 6.07) is 1.87. The van der Waals surface area contributed by atoms with Crippen LogP contribution in [0, 0.1) is 0 Å². The van der Waals surface area contributed by atoms with E-state index in [1.165, 1.54) is 0 Å². The predicted molar refractivity (Wildman–Crippen MR) is 70.7 cm³/mol. The van der Waals surface area contributed by atoms with Crippen molar-refractivity contribution in [1.29, 1.82) is 0 Å². The summed E-state index contributed by atoms with van der Waals surface area (Å²) in [5, 5.41) is 7.06. The van der Waals surface area contributed by atoms with E-state index >= 15 is 0 Å². The average molecular weight is 250 g/mol. The Morgan fingerprint density at radius 3 is 2.56 bits per heavy atom. The van der Waals surface area contributed by atoms with E-state index in [1.54, 1.807) is 0 Å². The van der Waals surface area contributed by atoms with E-state index in [2.05, 4.69) is 35.9 Å². The second kappa shape index (κ2) is 5.52. The molecule has 0 bridgehead atoms. The van der Waals surface area contributed by atoms with Gasteiger partial charge in [-0.3, -0.25) is 9.89 Å². The Kier molecular flexibility index (Phi) is 4.01. The van der Waals surface area contributed by atoms with Gasteiger partial charge in [-0.05, 0) is 18.5 Å². The number of carbonyl (C=O) groups excluding carboxylic acids is 1. The summed E-state index contributed by atoms with van der Waals surface area (Å²) in [6.07, 6.45) is 0. The first-order chi connectivity index (χ1) is 8.61. The van der Waals surface area contributed by atoms with Gasteiger partial charge in [0.2, 0.25) is 0 Å². The van der Waals surface area contributed by atoms with E-state index in [4.69, 9.17) is 0 Å². The molecule has 18 heavy (non-hydrogen) atoms. The van der Waals surface area contributed by atoms with E-state index in [0.29, 0.717) is 11.6 Å². The van der Waals surface area contributed by atoms with Crippen molar-refractivity contribution in [3.63, 3.8) is 0 Å². The van der Waals surface area contributed by atoms with Gasteiger partial charge in [-0.2, -0.15) is 5.10 Å². The molecule has 0 aromatic carbocycles. The normalized spacial score (nSPS) is 17.4. The summed E-state index contributed by atoms with van der Waals surface area (Å²) in [5.41, 5.74) is 1.56. The molecule has 0 radical (unpaired) electrons. The SMILES string of the molecule is CCN1CCN(C(=O)c2cc(C(C)C)[nH]n2)CC1. The topological polar surface area (TPSA) is 52.2 Å². The molecule has 1 fully saturated rings. The Bertz CT molecular complexity index is 405. The molecule has 1 aromatic rings. The van der Waals surface area contributed by atoms with Crippen LogP contribution in [0.5, 0.6) is 0 Å². The lowest BCUT2D eigenvalue weighted by Gasteiger charge is -2.33. The highest BCUT2D eigenvalue weighted by molar-refractivity contribution is 5.92. The zero-order valence-corrected chi connectivity index (χ0v) is 11.4. The molecule has 0 spiro atoms. The molecule has 1 N–H and O–H groups in total. The monoisotopic (exact) mass is 250 g/mol. The summed E-state index contributed by atoms with van der Waals surface area (Å²) < 4.78 is 0. The van der Waals surface area contributed by atoms with Crippen LogP contribution < -0.4 is 0 Å². The highest BCUT2D eigenvalue weighted by Gasteiger charge is 2.23. The second-order valence-corrected chi connectivity index (χ2v) is 5.09. The van der Waals surface area contributed by atoms with Crippen molar-refractivity contribution in [3.8, 4) is 0 Å². The molecule has 1 aliphatic heterocycles. The van der Waals surface area contributed by atoms with Gasteiger partial charge in [0, 0.05) is 31.9 Å². The average Bonchev–Trinajstić information content (AvgIpc) is 2.88. The molecule has 0 unspecified atom stereocenters. The zero-order valence-electron chi connectivity index (χ0n) is 11.4. The largest absolute Gasteiger partial charge is 0.335 e. The molecule has 100 valence electrons. The molecule has 1 aliphatic rings. The van der Waals surface area contributed by atoms with Crippen LogP contribution in [0.3, 0.4) is 0 Å².